The third-order valence-electron chi connectivity index (χ3n) is 4.44. The number of benzene rings is 1. The van der Waals surface area contributed by atoms with Gasteiger partial charge in [0.25, 0.3) is 11.8 Å². The first kappa shape index (κ1) is 22.2. The first-order valence-electron chi connectivity index (χ1n) is 8.98. The van der Waals surface area contributed by atoms with E-state index in [9.17, 15) is 27.9 Å². The maximum absolute atomic E-state index is 12.9. The van der Waals surface area contributed by atoms with Crippen LogP contribution in [-0.4, -0.2) is 53.1 Å². The minimum Gasteiger partial charge on any atom is -0.384 e. The summed E-state index contributed by atoms with van der Waals surface area (Å²) < 4.78 is 44.0. The first-order chi connectivity index (χ1) is 14.6. The average molecular weight is 437 g/mol. The zero-order valence-electron chi connectivity index (χ0n) is 15.9. The van der Waals surface area contributed by atoms with Crippen LogP contribution in [0, 0.1) is 5.41 Å². The number of hydrogen-bond donors (Lipinski definition) is 4. The summed E-state index contributed by atoms with van der Waals surface area (Å²) in [6.07, 6.45) is -8.24. The van der Waals surface area contributed by atoms with Gasteiger partial charge in [-0.3, -0.25) is 19.9 Å². The minimum absolute atomic E-state index is 0.0928. The van der Waals surface area contributed by atoms with Crippen LogP contribution in [0.25, 0.3) is 0 Å². The Bertz CT molecular complexity index is 997. The molecule has 1 aromatic carbocycles. The summed E-state index contributed by atoms with van der Waals surface area (Å²) >= 11 is 0. The number of aliphatic hydroxyl groups is 1. The van der Waals surface area contributed by atoms with Crippen molar-refractivity contribution in [3.8, 4) is 0 Å². The van der Waals surface area contributed by atoms with E-state index < -0.39 is 35.9 Å². The number of hydrogen-bond acceptors (Lipinski definition) is 6. The van der Waals surface area contributed by atoms with Crippen LogP contribution in [0.2, 0.25) is 0 Å². The molecule has 164 valence electrons. The Labute approximate surface area is 174 Å². The predicted octanol–water partition coefficient (Wildman–Crippen LogP) is 1.12. The highest BCUT2D eigenvalue weighted by molar-refractivity contribution is 6.03. The summed E-state index contributed by atoms with van der Waals surface area (Å²) in [6.45, 7) is -0.212. The number of carbonyl (C=O) groups is 2. The summed E-state index contributed by atoms with van der Waals surface area (Å²) in [7, 11) is 0. The SMILES string of the molecule is N=C(N)c1ccc(NC(=O)C(O)C2OCCN(c3cccc(C(F)(F)F)n3)C2=O)cc1. The van der Waals surface area contributed by atoms with E-state index in [-0.39, 0.29) is 30.5 Å². The molecule has 1 aliphatic heterocycles. The smallest absolute Gasteiger partial charge is 0.384 e. The van der Waals surface area contributed by atoms with E-state index in [4.69, 9.17) is 15.9 Å². The lowest BCUT2D eigenvalue weighted by Crippen LogP contribution is -2.55. The molecule has 2 aromatic rings. The number of nitrogens with zero attached hydrogens (tertiary/aromatic N) is 2. The number of amidine groups is 1. The van der Waals surface area contributed by atoms with Crippen molar-refractivity contribution in [2.75, 3.05) is 23.4 Å². The van der Waals surface area contributed by atoms with E-state index in [2.05, 4.69) is 10.3 Å². The summed E-state index contributed by atoms with van der Waals surface area (Å²) in [5.41, 5.74) is 4.87. The second-order valence-corrected chi connectivity index (χ2v) is 6.59. The Kier molecular flexibility index (Phi) is 6.22. The van der Waals surface area contributed by atoms with Crippen LogP contribution in [-0.2, 0) is 20.5 Å². The van der Waals surface area contributed by atoms with Crippen molar-refractivity contribution in [2.45, 2.75) is 18.4 Å². The van der Waals surface area contributed by atoms with Gasteiger partial charge in [-0.2, -0.15) is 13.2 Å². The van der Waals surface area contributed by atoms with Gasteiger partial charge in [-0.05, 0) is 36.4 Å². The molecule has 0 saturated carbocycles. The standard InChI is InChI=1S/C19H18F3N5O4/c20-19(21,22)12-2-1-3-13(26-12)27-8-9-31-15(18(27)30)14(28)17(29)25-11-6-4-10(5-7-11)16(23)24/h1-7,14-15,28H,8-9H2,(H3,23,24)(H,25,29). The first-order valence-corrected chi connectivity index (χ1v) is 8.98. The van der Waals surface area contributed by atoms with Crippen LogP contribution in [0.3, 0.4) is 0 Å². The number of rotatable bonds is 5. The summed E-state index contributed by atoms with van der Waals surface area (Å²) in [5.74, 6) is -2.27. The molecule has 0 bridgehead atoms. The van der Waals surface area contributed by atoms with Gasteiger partial charge in [-0.15, -0.1) is 0 Å². The van der Waals surface area contributed by atoms with Crippen molar-refractivity contribution in [3.63, 3.8) is 0 Å². The van der Waals surface area contributed by atoms with Crippen molar-refractivity contribution in [1.82, 2.24) is 4.98 Å². The molecule has 1 fully saturated rings. The fourth-order valence-corrected chi connectivity index (χ4v) is 2.88. The Morgan fingerprint density at radius 1 is 1.29 bits per heavy atom. The lowest BCUT2D eigenvalue weighted by atomic mass is 10.1. The van der Waals surface area contributed by atoms with Crippen LogP contribution in [0.4, 0.5) is 24.7 Å². The highest BCUT2D eigenvalue weighted by Gasteiger charge is 2.40. The van der Waals surface area contributed by atoms with E-state index in [0.717, 1.165) is 17.0 Å². The average Bonchev–Trinajstić information content (AvgIpc) is 2.73. The van der Waals surface area contributed by atoms with Gasteiger partial charge in [-0.25, -0.2) is 4.98 Å². The van der Waals surface area contributed by atoms with Gasteiger partial charge >= 0.3 is 6.18 Å². The third kappa shape index (κ3) is 4.98. The zero-order valence-corrected chi connectivity index (χ0v) is 15.9. The molecule has 2 amide bonds. The Morgan fingerprint density at radius 3 is 2.58 bits per heavy atom. The fraction of sp³-hybridized carbons (Fsp3) is 0.263. The normalized spacial score (nSPS) is 17.9. The molecule has 0 spiro atoms. The fourth-order valence-electron chi connectivity index (χ4n) is 2.88. The second-order valence-electron chi connectivity index (χ2n) is 6.59. The van der Waals surface area contributed by atoms with Crippen molar-refractivity contribution in [3.05, 3.63) is 53.7 Å². The summed E-state index contributed by atoms with van der Waals surface area (Å²) in [4.78, 5) is 29.5. The molecule has 1 aliphatic rings. The second kappa shape index (κ2) is 8.70. The number of pyridine rings is 1. The predicted molar refractivity (Wildman–Crippen MR) is 103 cm³/mol. The number of halogens is 3. The maximum Gasteiger partial charge on any atom is 0.433 e. The third-order valence-corrected chi connectivity index (χ3v) is 4.44. The Hall–Kier alpha value is -3.51. The monoisotopic (exact) mass is 437 g/mol. The summed E-state index contributed by atoms with van der Waals surface area (Å²) in [5, 5.41) is 20.1. The number of amides is 2. The maximum atomic E-state index is 12.9. The number of ether oxygens (including phenoxy) is 1. The number of morpholine rings is 1. The number of aliphatic hydroxyl groups excluding tert-OH is 1. The van der Waals surface area contributed by atoms with Gasteiger partial charge in [0, 0.05) is 11.3 Å². The molecule has 9 nitrogen and oxygen atoms in total. The van der Waals surface area contributed by atoms with Crippen molar-refractivity contribution in [2.24, 2.45) is 5.73 Å². The molecule has 5 N–H and O–H groups in total. The van der Waals surface area contributed by atoms with Crippen LogP contribution in [0.5, 0.6) is 0 Å². The van der Waals surface area contributed by atoms with Gasteiger partial charge in [0.05, 0.1) is 13.2 Å². The van der Waals surface area contributed by atoms with Gasteiger partial charge in [0.1, 0.15) is 17.3 Å². The van der Waals surface area contributed by atoms with Crippen LogP contribution < -0.4 is 16.0 Å². The minimum atomic E-state index is -4.69. The lowest BCUT2D eigenvalue weighted by molar-refractivity contribution is -0.150. The largest absolute Gasteiger partial charge is 0.433 e. The quantitative estimate of drug-likeness (QED) is 0.408. The van der Waals surface area contributed by atoms with Gasteiger partial charge in [0.15, 0.2) is 12.2 Å². The molecule has 2 heterocycles. The van der Waals surface area contributed by atoms with E-state index >= 15 is 0 Å². The number of nitrogens with two attached hydrogens (primary N) is 1. The van der Waals surface area contributed by atoms with Crippen molar-refractivity contribution >= 4 is 29.2 Å². The molecule has 2 atom stereocenters. The van der Waals surface area contributed by atoms with E-state index in [1.165, 1.54) is 30.3 Å². The highest BCUT2D eigenvalue weighted by atomic mass is 19.4. The molecule has 1 saturated heterocycles. The van der Waals surface area contributed by atoms with Gasteiger partial charge in [-0.1, -0.05) is 6.07 Å². The van der Waals surface area contributed by atoms with E-state index in [1.54, 1.807) is 0 Å². The zero-order chi connectivity index (χ0) is 22.8. The number of nitrogen functional groups attached to an aromatic ring is 1. The number of nitrogens with one attached hydrogen (secondary N) is 2. The Morgan fingerprint density at radius 2 is 1.97 bits per heavy atom. The number of anilines is 2. The number of alkyl halides is 3. The molecular formula is C19H18F3N5O4. The highest BCUT2D eigenvalue weighted by Crippen LogP contribution is 2.29. The van der Waals surface area contributed by atoms with Gasteiger partial charge in [0.2, 0.25) is 0 Å². The van der Waals surface area contributed by atoms with Crippen LogP contribution in [0.15, 0.2) is 42.5 Å². The topological polar surface area (TPSA) is 142 Å². The van der Waals surface area contributed by atoms with Crippen LogP contribution >= 0.6 is 0 Å². The van der Waals surface area contributed by atoms with Crippen molar-refractivity contribution < 1.29 is 32.6 Å². The molecular weight excluding hydrogens is 419 g/mol. The molecule has 31 heavy (non-hydrogen) atoms. The molecule has 0 radical (unpaired) electrons. The van der Waals surface area contributed by atoms with Crippen molar-refractivity contribution in [1.29, 1.82) is 5.41 Å². The van der Waals surface area contributed by atoms with Crippen LogP contribution in [0.1, 0.15) is 11.3 Å². The molecule has 1 aromatic heterocycles. The lowest BCUT2D eigenvalue weighted by Gasteiger charge is -2.33. The molecule has 12 heteroatoms. The number of carbonyl (C=O) groups excluding carboxylic acids is 2. The summed E-state index contributed by atoms with van der Waals surface area (Å²) in [6, 6.07) is 8.95. The molecule has 0 aliphatic carbocycles. The molecule has 3 rings (SSSR count). The van der Waals surface area contributed by atoms with Gasteiger partial charge < -0.3 is 20.9 Å². The number of aromatic nitrogens is 1. The van der Waals surface area contributed by atoms with E-state index in [1.807, 2.05) is 0 Å². The Balaban J connectivity index is 1.73. The van der Waals surface area contributed by atoms with E-state index in [0.29, 0.717) is 5.56 Å². The molecule has 2 unspecified atom stereocenters.